The van der Waals surface area contributed by atoms with Gasteiger partial charge in [-0.15, -0.1) is 0 Å². The zero-order chi connectivity index (χ0) is 33.2. The maximum Gasteiger partial charge on any atom is 0.228 e. The monoisotopic (exact) mass is 644 g/mol. The molecule has 0 spiro atoms. The van der Waals surface area contributed by atoms with Crippen LogP contribution in [-0.4, -0.2) is 73.1 Å². The van der Waals surface area contributed by atoms with E-state index < -0.39 is 5.82 Å². The van der Waals surface area contributed by atoms with Crippen molar-refractivity contribution in [2.75, 3.05) is 37.8 Å². The zero-order valence-electron chi connectivity index (χ0n) is 26.1. The Morgan fingerprint density at radius 1 is 0.896 bits per heavy atom. The largest absolute Gasteiger partial charge is 0.384 e. The third-order valence-electron chi connectivity index (χ3n) is 7.79. The number of rotatable bonds is 10. The van der Waals surface area contributed by atoms with Gasteiger partial charge in [0.25, 0.3) is 0 Å². The molecule has 5 heterocycles. The van der Waals surface area contributed by atoms with Gasteiger partial charge in [-0.05, 0) is 55.6 Å². The third kappa shape index (κ3) is 6.31. The van der Waals surface area contributed by atoms with Gasteiger partial charge in [-0.1, -0.05) is 30.3 Å². The SMILES string of the molecule is CN(C)CCNc1cc(F)cc(-c2ccnc3nc(-c4[nH]nc5ncc(-c6cncc(NC(=O)Cc7ccccc7)c6)c(F)c45)[nH]c23)c1. The molecule has 0 bridgehead atoms. The first-order valence-corrected chi connectivity index (χ1v) is 15.2. The number of fused-ring (bicyclic) bond motifs is 2. The summed E-state index contributed by atoms with van der Waals surface area (Å²) < 4.78 is 31.1. The predicted octanol–water partition coefficient (Wildman–Crippen LogP) is 6.06. The molecule has 0 aliphatic rings. The first-order valence-electron chi connectivity index (χ1n) is 15.2. The normalized spacial score (nSPS) is 11.4. The van der Waals surface area contributed by atoms with E-state index in [9.17, 15) is 9.18 Å². The summed E-state index contributed by atoms with van der Waals surface area (Å²) in [5, 5.41) is 13.3. The van der Waals surface area contributed by atoms with Crippen LogP contribution < -0.4 is 10.6 Å². The summed E-state index contributed by atoms with van der Waals surface area (Å²) >= 11 is 0. The Morgan fingerprint density at radius 2 is 1.73 bits per heavy atom. The highest BCUT2D eigenvalue weighted by molar-refractivity contribution is 5.97. The molecular formula is C35H30F2N10O. The van der Waals surface area contributed by atoms with Crippen LogP contribution in [0.25, 0.3) is 56.0 Å². The molecule has 48 heavy (non-hydrogen) atoms. The molecule has 0 atom stereocenters. The minimum atomic E-state index is -0.592. The van der Waals surface area contributed by atoms with E-state index in [1.54, 1.807) is 18.3 Å². The van der Waals surface area contributed by atoms with Crippen molar-refractivity contribution in [2.45, 2.75) is 6.42 Å². The van der Waals surface area contributed by atoms with Gasteiger partial charge >= 0.3 is 0 Å². The molecule has 0 unspecified atom stereocenters. The molecule has 0 aliphatic carbocycles. The van der Waals surface area contributed by atoms with Gasteiger partial charge in [0.2, 0.25) is 5.91 Å². The Balaban J connectivity index is 1.21. The summed E-state index contributed by atoms with van der Waals surface area (Å²) in [6.07, 6.45) is 6.16. The minimum Gasteiger partial charge on any atom is -0.384 e. The van der Waals surface area contributed by atoms with E-state index in [-0.39, 0.29) is 46.3 Å². The predicted molar refractivity (Wildman–Crippen MR) is 181 cm³/mol. The van der Waals surface area contributed by atoms with Gasteiger partial charge in [-0.3, -0.25) is 14.9 Å². The fourth-order valence-electron chi connectivity index (χ4n) is 5.51. The standard InChI is InChI=1S/C35H30F2N10O/c1-47(2)11-10-39-24-14-21(13-23(36)16-24)26-8-9-40-34-31(26)43-35(44-34)32-29-30(37)27(19-41-33(29)46-45-32)22-15-25(18-38-17-22)42-28(48)12-20-6-4-3-5-7-20/h3-9,13-19,39H,10-12H2,1-2H3,(H,42,48)(H,40,43,44)(H,41,45,46). The summed E-state index contributed by atoms with van der Waals surface area (Å²) in [6.45, 7) is 1.43. The number of nitrogens with zero attached hydrogens (tertiary/aromatic N) is 6. The number of imidazole rings is 1. The van der Waals surface area contributed by atoms with Crippen LogP contribution >= 0.6 is 0 Å². The summed E-state index contributed by atoms with van der Waals surface area (Å²) in [5.74, 6) is -0.921. The number of nitrogens with one attached hydrogen (secondary N) is 4. The minimum absolute atomic E-state index is 0.116. The Morgan fingerprint density at radius 3 is 2.56 bits per heavy atom. The molecule has 4 N–H and O–H groups in total. The second-order valence-corrected chi connectivity index (χ2v) is 11.6. The molecule has 11 nitrogen and oxygen atoms in total. The number of hydrogen-bond acceptors (Lipinski definition) is 8. The van der Waals surface area contributed by atoms with Crippen molar-refractivity contribution in [3.05, 3.63) is 103 Å². The van der Waals surface area contributed by atoms with Crippen LogP contribution in [0, 0.1) is 11.6 Å². The number of pyridine rings is 3. The molecule has 0 fully saturated rings. The van der Waals surface area contributed by atoms with Gasteiger partial charge < -0.3 is 20.5 Å². The lowest BCUT2D eigenvalue weighted by Crippen LogP contribution is -2.20. The maximum absolute atomic E-state index is 16.3. The zero-order valence-corrected chi connectivity index (χ0v) is 26.1. The number of amides is 1. The number of anilines is 2. The number of aromatic nitrogens is 7. The van der Waals surface area contributed by atoms with Crippen LogP contribution in [-0.2, 0) is 11.2 Å². The second-order valence-electron chi connectivity index (χ2n) is 11.6. The molecule has 0 saturated carbocycles. The number of hydrogen-bond donors (Lipinski definition) is 4. The highest BCUT2D eigenvalue weighted by Crippen LogP contribution is 2.35. The van der Waals surface area contributed by atoms with Gasteiger partial charge in [-0.2, -0.15) is 5.10 Å². The molecule has 0 saturated heterocycles. The van der Waals surface area contributed by atoms with Crippen LogP contribution in [0.3, 0.4) is 0 Å². The van der Waals surface area contributed by atoms with Crippen molar-refractivity contribution in [1.82, 2.24) is 40.0 Å². The van der Waals surface area contributed by atoms with Crippen molar-refractivity contribution in [1.29, 1.82) is 0 Å². The maximum atomic E-state index is 16.3. The quantitative estimate of drug-likeness (QED) is 0.141. The number of carbonyl (C=O) groups is 1. The smallest absolute Gasteiger partial charge is 0.228 e. The van der Waals surface area contributed by atoms with E-state index in [1.807, 2.05) is 55.4 Å². The highest BCUT2D eigenvalue weighted by atomic mass is 19.1. The summed E-state index contributed by atoms with van der Waals surface area (Å²) in [5.41, 5.74) is 5.15. The van der Waals surface area contributed by atoms with Crippen LogP contribution in [0.4, 0.5) is 20.2 Å². The fourth-order valence-corrected chi connectivity index (χ4v) is 5.51. The molecule has 240 valence electrons. The number of halogens is 2. The fraction of sp³-hybridized carbons (Fsp3) is 0.143. The molecule has 7 rings (SSSR count). The average Bonchev–Trinajstić information content (AvgIpc) is 3.70. The summed E-state index contributed by atoms with van der Waals surface area (Å²) in [4.78, 5) is 35.5. The van der Waals surface area contributed by atoms with Gasteiger partial charge in [0.15, 0.2) is 17.1 Å². The summed E-state index contributed by atoms with van der Waals surface area (Å²) in [6, 6.07) is 17.5. The van der Waals surface area contributed by atoms with Gasteiger partial charge in [0.1, 0.15) is 17.3 Å². The molecule has 2 aromatic carbocycles. The van der Waals surface area contributed by atoms with Gasteiger partial charge in [0, 0.05) is 54.1 Å². The number of aromatic amines is 2. The Kier molecular flexibility index (Phi) is 8.26. The number of carbonyl (C=O) groups excluding carboxylic acids is 1. The Bertz CT molecular complexity index is 2270. The summed E-state index contributed by atoms with van der Waals surface area (Å²) in [7, 11) is 3.94. The number of likely N-dealkylation sites (N-methyl/N-ethyl adjacent to an activating group) is 1. The third-order valence-corrected chi connectivity index (χ3v) is 7.79. The van der Waals surface area contributed by atoms with Crippen LogP contribution in [0.2, 0.25) is 0 Å². The molecule has 13 heteroatoms. The van der Waals surface area contributed by atoms with Crippen LogP contribution in [0.1, 0.15) is 5.56 Å². The highest BCUT2D eigenvalue weighted by Gasteiger charge is 2.22. The van der Waals surface area contributed by atoms with E-state index in [2.05, 4.69) is 45.8 Å². The van der Waals surface area contributed by atoms with Crippen molar-refractivity contribution >= 4 is 39.5 Å². The first-order chi connectivity index (χ1) is 23.3. The molecule has 0 radical (unpaired) electrons. The van der Waals surface area contributed by atoms with E-state index in [1.165, 1.54) is 30.7 Å². The van der Waals surface area contributed by atoms with Crippen LogP contribution in [0.5, 0.6) is 0 Å². The lowest BCUT2D eigenvalue weighted by atomic mass is 10.0. The lowest BCUT2D eigenvalue weighted by molar-refractivity contribution is -0.115. The van der Waals surface area contributed by atoms with Crippen LogP contribution in [0.15, 0.2) is 85.5 Å². The first kappa shape index (κ1) is 30.6. The molecule has 0 aliphatic heterocycles. The van der Waals surface area contributed by atoms with E-state index in [4.69, 9.17) is 0 Å². The van der Waals surface area contributed by atoms with Gasteiger partial charge in [-0.25, -0.2) is 23.7 Å². The second kappa shape index (κ2) is 13.0. The van der Waals surface area contributed by atoms with Crippen molar-refractivity contribution < 1.29 is 13.6 Å². The number of benzene rings is 2. The molecule has 7 aromatic rings. The van der Waals surface area contributed by atoms with E-state index in [0.717, 1.165) is 12.1 Å². The van der Waals surface area contributed by atoms with Crippen molar-refractivity contribution in [2.24, 2.45) is 0 Å². The average molecular weight is 645 g/mol. The van der Waals surface area contributed by atoms with E-state index in [0.29, 0.717) is 45.8 Å². The van der Waals surface area contributed by atoms with Crippen molar-refractivity contribution in [3.8, 4) is 33.8 Å². The van der Waals surface area contributed by atoms with Crippen molar-refractivity contribution in [3.63, 3.8) is 0 Å². The molecular weight excluding hydrogens is 614 g/mol. The Hall–Kier alpha value is -6.08. The topological polar surface area (TPSA) is 140 Å². The molecule has 5 aromatic heterocycles. The number of H-pyrrole nitrogens is 2. The Labute approximate surface area is 273 Å². The molecule has 1 amide bonds. The van der Waals surface area contributed by atoms with E-state index >= 15 is 4.39 Å². The lowest BCUT2D eigenvalue weighted by Gasteiger charge is -2.13. The van der Waals surface area contributed by atoms with Gasteiger partial charge in [0.05, 0.1) is 29.2 Å².